The van der Waals surface area contributed by atoms with E-state index in [1.54, 1.807) is 0 Å². The van der Waals surface area contributed by atoms with Crippen LogP contribution < -0.4 is 15.4 Å². The van der Waals surface area contributed by atoms with Crippen LogP contribution in [0.5, 0.6) is 5.75 Å². The summed E-state index contributed by atoms with van der Waals surface area (Å²) in [6.45, 7) is 7.95. The lowest BCUT2D eigenvalue weighted by Crippen LogP contribution is -2.39. The number of esters is 1. The van der Waals surface area contributed by atoms with Gasteiger partial charge >= 0.3 is 5.97 Å². The molecule has 0 aliphatic heterocycles. The lowest BCUT2D eigenvalue weighted by Gasteiger charge is -2.12. The normalized spacial score (nSPS) is 11.2. The van der Waals surface area contributed by atoms with Gasteiger partial charge in [0.25, 0.3) is 0 Å². The van der Waals surface area contributed by atoms with Crippen LogP contribution in [0.3, 0.4) is 0 Å². The van der Waals surface area contributed by atoms with Crippen molar-refractivity contribution in [2.24, 2.45) is 4.99 Å². The monoisotopic (exact) mass is 321 g/mol. The molecular weight excluding hydrogens is 294 g/mol. The molecule has 0 fully saturated rings. The van der Waals surface area contributed by atoms with Gasteiger partial charge in [0.2, 0.25) is 0 Å². The Bertz CT molecular complexity index is 475. The van der Waals surface area contributed by atoms with Crippen LogP contribution in [0.15, 0.2) is 35.3 Å². The second-order valence-electron chi connectivity index (χ2n) is 5.14. The number of carbonyl (C=O) groups is 1. The SMILES string of the molecule is CCNC(=NCCC(=O)OC(C)C)NCCOc1ccccc1. The number of nitrogens with zero attached hydrogens (tertiary/aromatic N) is 1. The minimum atomic E-state index is -0.230. The summed E-state index contributed by atoms with van der Waals surface area (Å²) in [5.74, 6) is 1.28. The molecule has 0 saturated carbocycles. The van der Waals surface area contributed by atoms with Crippen LogP contribution in [0.1, 0.15) is 27.2 Å². The lowest BCUT2D eigenvalue weighted by molar-refractivity contribution is -0.147. The van der Waals surface area contributed by atoms with Crippen LogP contribution in [0.25, 0.3) is 0 Å². The van der Waals surface area contributed by atoms with Crippen molar-refractivity contribution in [2.75, 3.05) is 26.2 Å². The minimum Gasteiger partial charge on any atom is -0.492 e. The number of rotatable bonds is 9. The van der Waals surface area contributed by atoms with Gasteiger partial charge in [0, 0.05) is 6.54 Å². The van der Waals surface area contributed by atoms with E-state index >= 15 is 0 Å². The van der Waals surface area contributed by atoms with E-state index in [-0.39, 0.29) is 18.5 Å². The number of guanidine groups is 1. The molecule has 0 saturated heterocycles. The number of nitrogens with one attached hydrogen (secondary N) is 2. The van der Waals surface area contributed by atoms with Gasteiger partial charge < -0.3 is 20.1 Å². The van der Waals surface area contributed by atoms with Crippen molar-refractivity contribution in [3.63, 3.8) is 0 Å². The summed E-state index contributed by atoms with van der Waals surface area (Å²) < 4.78 is 10.7. The fourth-order valence-electron chi connectivity index (χ4n) is 1.78. The zero-order valence-corrected chi connectivity index (χ0v) is 14.2. The van der Waals surface area contributed by atoms with Gasteiger partial charge in [-0.15, -0.1) is 0 Å². The lowest BCUT2D eigenvalue weighted by atomic mass is 10.3. The summed E-state index contributed by atoms with van der Waals surface area (Å²) >= 11 is 0. The number of para-hydroxylation sites is 1. The van der Waals surface area contributed by atoms with Crippen LogP contribution in [-0.4, -0.2) is 44.3 Å². The number of hydrogen-bond donors (Lipinski definition) is 2. The maximum absolute atomic E-state index is 11.5. The van der Waals surface area contributed by atoms with E-state index in [0.717, 1.165) is 12.3 Å². The molecule has 0 bridgehead atoms. The maximum Gasteiger partial charge on any atom is 0.307 e. The van der Waals surface area contributed by atoms with Crippen molar-refractivity contribution in [2.45, 2.75) is 33.3 Å². The average molecular weight is 321 g/mol. The van der Waals surface area contributed by atoms with E-state index in [1.165, 1.54) is 0 Å². The zero-order chi connectivity index (χ0) is 16.9. The van der Waals surface area contributed by atoms with Crippen LogP contribution in [0.4, 0.5) is 0 Å². The van der Waals surface area contributed by atoms with Crippen LogP contribution in [0.2, 0.25) is 0 Å². The van der Waals surface area contributed by atoms with E-state index < -0.39 is 0 Å². The smallest absolute Gasteiger partial charge is 0.307 e. The fourth-order valence-corrected chi connectivity index (χ4v) is 1.78. The molecule has 1 aromatic carbocycles. The molecule has 6 heteroatoms. The van der Waals surface area contributed by atoms with E-state index in [0.29, 0.717) is 25.7 Å². The van der Waals surface area contributed by atoms with Crippen molar-refractivity contribution in [1.29, 1.82) is 0 Å². The summed E-state index contributed by atoms with van der Waals surface area (Å²) in [5, 5.41) is 6.29. The predicted molar refractivity (Wildman–Crippen MR) is 91.8 cm³/mol. The largest absolute Gasteiger partial charge is 0.492 e. The second kappa shape index (κ2) is 11.3. The first-order chi connectivity index (χ1) is 11.1. The van der Waals surface area contributed by atoms with Crippen molar-refractivity contribution >= 4 is 11.9 Å². The molecule has 2 N–H and O–H groups in total. The summed E-state index contributed by atoms with van der Waals surface area (Å²) in [6, 6.07) is 9.65. The van der Waals surface area contributed by atoms with Gasteiger partial charge in [0.1, 0.15) is 12.4 Å². The molecule has 128 valence electrons. The molecule has 6 nitrogen and oxygen atoms in total. The van der Waals surface area contributed by atoms with Crippen LogP contribution in [0, 0.1) is 0 Å². The average Bonchev–Trinajstić information content (AvgIpc) is 2.51. The molecule has 0 atom stereocenters. The highest BCUT2D eigenvalue weighted by atomic mass is 16.5. The van der Waals surface area contributed by atoms with E-state index in [4.69, 9.17) is 9.47 Å². The Kier molecular flexibility index (Phi) is 9.28. The number of carbonyl (C=O) groups excluding carboxylic acids is 1. The zero-order valence-electron chi connectivity index (χ0n) is 14.2. The van der Waals surface area contributed by atoms with Crippen molar-refractivity contribution < 1.29 is 14.3 Å². The van der Waals surface area contributed by atoms with Crippen LogP contribution >= 0.6 is 0 Å². The topological polar surface area (TPSA) is 72.0 Å². The molecule has 0 amide bonds. The van der Waals surface area contributed by atoms with Gasteiger partial charge in [0.15, 0.2) is 5.96 Å². The van der Waals surface area contributed by atoms with E-state index in [2.05, 4.69) is 15.6 Å². The van der Waals surface area contributed by atoms with Gasteiger partial charge in [-0.25, -0.2) is 0 Å². The first-order valence-corrected chi connectivity index (χ1v) is 8.01. The number of benzene rings is 1. The Labute approximate surface area is 138 Å². The summed E-state index contributed by atoms with van der Waals surface area (Å²) in [6.07, 6.45) is 0.183. The highest BCUT2D eigenvalue weighted by Gasteiger charge is 2.05. The molecule has 0 heterocycles. The number of aliphatic imine (C=N–C) groups is 1. The molecule has 0 aromatic heterocycles. The number of hydrogen-bond acceptors (Lipinski definition) is 4. The summed E-state index contributed by atoms with van der Waals surface area (Å²) in [7, 11) is 0. The highest BCUT2D eigenvalue weighted by molar-refractivity contribution is 5.80. The number of ether oxygens (including phenoxy) is 2. The van der Waals surface area contributed by atoms with E-state index in [9.17, 15) is 4.79 Å². The highest BCUT2D eigenvalue weighted by Crippen LogP contribution is 2.07. The van der Waals surface area contributed by atoms with Gasteiger partial charge in [-0.2, -0.15) is 0 Å². The first-order valence-electron chi connectivity index (χ1n) is 8.01. The molecule has 0 unspecified atom stereocenters. The summed E-state index contributed by atoms with van der Waals surface area (Å²) in [5.41, 5.74) is 0. The summed E-state index contributed by atoms with van der Waals surface area (Å²) in [4.78, 5) is 15.8. The Balaban J connectivity index is 2.27. The Morgan fingerprint density at radius 2 is 1.96 bits per heavy atom. The molecule has 1 aromatic rings. The van der Waals surface area contributed by atoms with Gasteiger partial charge in [-0.05, 0) is 32.9 Å². The predicted octanol–water partition coefficient (Wildman–Crippen LogP) is 1.96. The Hall–Kier alpha value is -2.24. The maximum atomic E-state index is 11.5. The molecular formula is C17H27N3O3. The fraction of sp³-hybridized carbons (Fsp3) is 0.529. The third kappa shape index (κ3) is 9.39. The Morgan fingerprint density at radius 1 is 1.22 bits per heavy atom. The van der Waals surface area contributed by atoms with Gasteiger partial charge in [-0.1, -0.05) is 18.2 Å². The Morgan fingerprint density at radius 3 is 2.61 bits per heavy atom. The van der Waals surface area contributed by atoms with E-state index in [1.807, 2.05) is 51.1 Å². The molecule has 23 heavy (non-hydrogen) atoms. The third-order valence-corrected chi connectivity index (χ3v) is 2.70. The molecule has 0 radical (unpaired) electrons. The van der Waals surface area contributed by atoms with Crippen LogP contribution in [-0.2, 0) is 9.53 Å². The molecule has 0 spiro atoms. The molecule has 0 aliphatic rings. The molecule has 0 aliphatic carbocycles. The van der Waals surface area contributed by atoms with Crippen molar-refractivity contribution in [3.8, 4) is 5.75 Å². The van der Waals surface area contributed by atoms with Crippen molar-refractivity contribution in [3.05, 3.63) is 30.3 Å². The minimum absolute atomic E-state index is 0.0898. The molecule has 1 rings (SSSR count). The second-order valence-corrected chi connectivity index (χ2v) is 5.14. The third-order valence-electron chi connectivity index (χ3n) is 2.70. The van der Waals surface area contributed by atoms with Gasteiger partial charge in [-0.3, -0.25) is 9.79 Å². The van der Waals surface area contributed by atoms with Gasteiger partial charge in [0.05, 0.1) is 25.6 Å². The quantitative estimate of drug-likeness (QED) is 0.315. The first kappa shape index (κ1) is 18.8. The van der Waals surface area contributed by atoms with Crippen molar-refractivity contribution in [1.82, 2.24) is 10.6 Å². The standard InChI is InChI=1S/C17H27N3O3/c1-4-18-17(19-11-10-16(21)23-14(2)3)20-12-13-22-15-8-6-5-7-9-15/h5-9,14H,4,10-13H2,1-3H3,(H2,18,19,20).